The van der Waals surface area contributed by atoms with Gasteiger partial charge in [-0.3, -0.25) is 0 Å². The van der Waals surface area contributed by atoms with Crippen molar-refractivity contribution in [2.24, 2.45) is 0 Å². The van der Waals surface area contributed by atoms with Gasteiger partial charge in [0.1, 0.15) is 5.75 Å². The topological polar surface area (TPSA) is 35.2 Å². The standard InChI is InChI=1S/C13H15NOS2/c14-11-4-6-12(7-5-11)15-8-2-10-17-13-3-1-9-16-13/h1,3-7,9H,2,8,10,14H2. The number of nitrogen functional groups attached to an aromatic ring is 1. The molecule has 0 spiro atoms. The van der Waals surface area contributed by atoms with E-state index in [1.165, 1.54) is 4.21 Å². The molecule has 2 rings (SSSR count). The monoisotopic (exact) mass is 265 g/mol. The first-order valence-corrected chi connectivity index (χ1v) is 7.36. The molecule has 0 saturated carbocycles. The minimum atomic E-state index is 0.752. The van der Waals surface area contributed by atoms with Crippen LogP contribution in [0.2, 0.25) is 0 Å². The maximum Gasteiger partial charge on any atom is 0.119 e. The third-order valence-corrected chi connectivity index (χ3v) is 4.39. The molecule has 0 atom stereocenters. The summed E-state index contributed by atoms with van der Waals surface area (Å²) >= 11 is 3.67. The zero-order chi connectivity index (χ0) is 11.9. The summed E-state index contributed by atoms with van der Waals surface area (Å²) in [7, 11) is 0. The highest BCUT2D eigenvalue weighted by atomic mass is 32.2. The molecule has 90 valence electrons. The number of thiophene rings is 1. The third-order valence-electron chi connectivity index (χ3n) is 2.18. The number of nitrogens with two attached hydrogens (primary N) is 1. The molecule has 0 aliphatic rings. The Balaban J connectivity index is 1.61. The SMILES string of the molecule is Nc1ccc(OCCCSc2cccs2)cc1. The summed E-state index contributed by atoms with van der Waals surface area (Å²) in [6, 6.07) is 11.8. The van der Waals surface area contributed by atoms with Crippen LogP contribution in [0, 0.1) is 0 Å². The van der Waals surface area contributed by atoms with Gasteiger partial charge in [-0.25, -0.2) is 0 Å². The van der Waals surface area contributed by atoms with E-state index in [9.17, 15) is 0 Å². The van der Waals surface area contributed by atoms with Crippen molar-refractivity contribution in [3.63, 3.8) is 0 Å². The molecule has 2 N–H and O–H groups in total. The van der Waals surface area contributed by atoms with E-state index in [0.717, 1.165) is 30.2 Å². The second-order valence-corrected chi connectivity index (χ2v) is 5.89. The average molecular weight is 265 g/mol. The van der Waals surface area contributed by atoms with Crippen molar-refractivity contribution < 1.29 is 4.74 Å². The molecular formula is C13H15NOS2. The van der Waals surface area contributed by atoms with Crippen molar-refractivity contribution in [2.75, 3.05) is 18.1 Å². The molecule has 1 aromatic heterocycles. The first-order valence-electron chi connectivity index (χ1n) is 5.49. The molecule has 0 aliphatic heterocycles. The molecule has 1 aromatic carbocycles. The van der Waals surface area contributed by atoms with Gasteiger partial charge in [0.15, 0.2) is 0 Å². The van der Waals surface area contributed by atoms with Crippen molar-refractivity contribution in [1.29, 1.82) is 0 Å². The second-order valence-electron chi connectivity index (χ2n) is 3.55. The molecule has 0 unspecified atom stereocenters. The molecule has 0 radical (unpaired) electrons. The summed E-state index contributed by atoms with van der Waals surface area (Å²) in [5, 5.41) is 2.10. The average Bonchev–Trinajstić information content (AvgIpc) is 2.84. The van der Waals surface area contributed by atoms with Gasteiger partial charge in [-0.1, -0.05) is 6.07 Å². The quantitative estimate of drug-likeness (QED) is 0.489. The zero-order valence-corrected chi connectivity index (χ0v) is 11.1. The molecule has 0 fully saturated rings. The molecule has 2 nitrogen and oxygen atoms in total. The Hall–Kier alpha value is -1.13. The van der Waals surface area contributed by atoms with Gasteiger partial charge in [0.05, 0.1) is 10.8 Å². The van der Waals surface area contributed by atoms with E-state index >= 15 is 0 Å². The van der Waals surface area contributed by atoms with Crippen molar-refractivity contribution >= 4 is 28.8 Å². The summed E-state index contributed by atoms with van der Waals surface area (Å²) in [6.07, 6.45) is 1.05. The lowest BCUT2D eigenvalue weighted by Gasteiger charge is -2.05. The first kappa shape index (κ1) is 12.3. The van der Waals surface area contributed by atoms with Gasteiger partial charge >= 0.3 is 0 Å². The molecule has 2 aromatic rings. The summed E-state index contributed by atoms with van der Waals surface area (Å²) < 4.78 is 6.99. The number of hydrogen-bond donors (Lipinski definition) is 1. The highest BCUT2D eigenvalue weighted by Crippen LogP contribution is 2.23. The largest absolute Gasteiger partial charge is 0.494 e. The zero-order valence-electron chi connectivity index (χ0n) is 9.46. The van der Waals surface area contributed by atoms with Crippen LogP contribution >= 0.6 is 23.1 Å². The number of benzene rings is 1. The molecule has 0 amide bonds. The number of hydrogen-bond acceptors (Lipinski definition) is 4. The van der Waals surface area contributed by atoms with E-state index in [2.05, 4.69) is 17.5 Å². The number of anilines is 1. The lowest BCUT2D eigenvalue weighted by atomic mass is 10.3. The van der Waals surface area contributed by atoms with Gasteiger partial charge < -0.3 is 10.5 Å². The molecule has 4 heteroatoms. The van der Waals surface area contributed by atoms with Crippen molar-refractivity contribution in [3.8, 4) is 5.75 Å². The van der Waals surface area contributed by atoms with Crippen LogP contribution < -0.4 is 10.5 Å². The Morgan fingerprint density at radius 1 is 1.18 bits per heavy atom. The lowest BCUT2D eigenvalue weighted by molar-refractivity contribution is 0.319. The summed E-state index contributed by atoms with van der Waals surface area (Å²) in [4.78, 5) is 0. The van der Waals surface area contributed by atoms with Gasteiger partial charge in [0, 0.05) is 11.4 Å². The van der Waals surface area contributed by atoms with Crippen LogP contribution in [0.15, 0.2) is 46.0 Å². The van der Waals surface area contributed by atoms with Crippen molar-refractivity contribution in [3.05, 3.63) is 41.8 Å². The van der Waals surface area contributed by atoms with Gasteiger partial charge in [-0.15, -0.1) is 23.1 Å². The Bertz CT molecular complexity index is 425. The van der Waals surface area contributed by atoms with Crippen molar-refractivity contribution in [1.82, 2.24) is 0 Å². The number of thioether (sulfide) groups is 1. The third kappa shape index (κ3) is 4.32. The van der Waals surface area contributed by atoms with Crippen LogP contribution in [-0.4, -0.2) is 12.4 Å². The van der Waals surface area contributed by atoms with E-state index in [1.807, 2.05) is 36.0 Å². The normalized spacial score (nSPS) is 10.4. The van der Waals surface area contributed by atoms with Gasteiger partial charge in [-0.05, 0) is 42.1 Å². The molecule has 0 aliphatic carbocycles. The highest BCUT2D eigenvalue weighted by molar-refractivity contribution is 8.01. The van der Waals surface area contributed by atoms with Crippen LogP contribution in [0.25, 0.3) is 0 Å². The fourth-order valence-electron chi connectivity index (χ4n) is 1.33. The number of rotatable bonds is 6. The van der Waals surface area contributed by atoms with Gasteiger partial charge in [0.2, 0.25) is 0 Å². The Morgan fingerprint density at radius 2 is 2.00 bits per heavy atom. The van der Waals surface area contributed by atoms with Gasteiger partial charge in [0.25, 0.3) is 0 Å². The van der Waals surface area contributed by atoms with Crippen LogP contribution in [-0.2, 0) is 0 Å². The lowest BCUT2D eigenvalue weighted by Crippen LogP contribution is -1.98. The Morgan fingerprint density at radius 3 is 2.71 bits per heavy atom. The fraction of sp³-hybridized carbons (Fsp3) is 0.231. The van der Waals surface area contributed by atoms with Crippen LogP contribution in [0.3, 0.4) is 0 Å². The van der Waals surface area contributed by atoms with E-state index < -0.39 is 0 Å². The maximum atomic E-state index is 5.61. The Labute approximate surface area is 110 Å². The smallest absolute Gasteiger partial charge is 0.119 e. The highest BCUT2D eigenvalue weighted by Gasteiger charge is 1.96. The second kappa shape index (κ2) is 6.57. The summed E-state index contributed by atoms with van der Waals surface area (Å²) in [5.74, 6) is 1.98. The molecular weight excluding hydrogens is 250 g/mol. The van der Waals surface area contributed by atoms with E-state index in [-0.39, 0.29) is 0 Å². The minimum Gasteiger partial charge on any atom is -0.494 e. The predicted molar refractivity (Wildman–Crippen MR) is 76.0 cm³/mol. The molecule has 17 heavy (non-hydrogen) atoms. The van der Waals surface area contributed by atoms with Gasteiger partial charge in [-0.2, -0.15) is 0 Å². The van der Waals surface area contributed by atoms with Crippen LogP contribution in [0.4, 0.5) is 5.69 Å². The van der Waals surface area contributed by atoms with Crippen LogP contribution in [0.5, 0.6) is 5.75 Å². The molecule has 0 bridgehead atoms. The van der Waals surface area contributed by atoms with E-state index in [0.29, 0.717) is 0 Å². The van der Waals surface area contributed by atoms with E-state index in [4.69, 9.17) is 10.5 Å². The maximum absolute atomic E-state index is 5.61. The first-order chi connectivity index (χ1) is 8.34. The van der Waals surface area contributed by atoms with Crippen LogP contribution in [0.1, 0.15) is 6.42 Å². The van der Waals surface area contributed by atoms with Crippen molar-refractivity contribution in [2.45, 2.75) is 10.6 Å². The molecule has 1 heterocycles. The fourth-order valence-corrected chi connectivity index (χ4v) is 3.11. The number of ether oxygens (including phenoxy) is 1. The summed E-state index contributed by atoms with van der Waals surface area (Å²) in [5.41, 5.74) is 6.37. The predicted octanol–water partition coefficient (Wildman–Crippen LogP) is 3.89. The molecule has 0 saturated heterocycles. The summed E-state index contributed by atoms with van der Waals surface area (Å²) in [6.45, 7) is 0.752. The van der Waals surface area contributed by atoms with E-state index in [1.54, 1.807) is 11.3 Å². The minimum absolute atomic E-state index is 0.752. The Kier molecular flexibility index (Phi) is 4.76.